The fourth-order valence-corrected chi connectivity index (χ4v) is 2.66. The van der Waals surface area contributed by atoms with Gasteiger partial charge in [0.2, 0.25) is 0 Å². The van der Waals surface area contributed by atoms with E-state index in [1.807, 2.05) is 7.05 Å². The van der Waals surface area contributed by atoms with E-state index < -0.39 is 0 Å². The summed E-state index contributed by atoms with van der Waals surface area (Å²) in [7, 11) is 2.03. The van der Waals surface area contributed by atoms with E-state index in [0.29, 0.717) is 6.04 Å². The van der Waals surface area contributed by atoms with Gasteiger partial charge in [0.15, 0.2) is 0 Å². The average molecular weight is 332 g/mol. The van der Waals surface area contributed by atoms with Crippen LogP contribution in [-0.4, -0.2) is 7.05 Å². The second kappa shape index (κ2) is 7.05. The monoisotopic (exact) mass is 331 g/mol. The van der Waals surface area contributed by atoms with E-state index in [4.69, 9.17) is 0 Å². The Labute approximate surface area is 130 Å². The van der Waals surface area contributed by atoms with Gasteiger partial charge in [-0.15, -0.1) is 0 Å². The van der Waals surface area contributed by atoms with Crippen LogP contribution in [0.25, 0.3) is 0 Å². The lowest BCUT2D eigenvalue weighted by molar-refractivity contribution is 0.591. The first kappa shape index (κ1) is 15.3. The zero-order valence-corrected chi connectivity index (χ0v) is 14.0. The Morgan fingerprint density at radius 3 is 2.25 bits per heavy atom. The molecule has 0 fully saturated rings. The summed E-state index contributed by atoms with van der Waals surface area (Å²) in [4.78, 5) is 0. The summed E-state index contributed by atoms with van der Waals surface area (Å²) in [6.45, 7) is 4.33. The highest BCUT2D eigenvalue weighted by atomic mass is 79.9. The Kier molecular flexibility index (Phi) is 5.38. The third kappa shape index (κ3) is 3.71. The SMILES string of the molecule is CCc1ccc(CC(NC)c2ccc(Br)c(C)c2)cc1. The van der Waals surface area contributed by atoms with Gasteiger partial charge in [-0.25, -0.2) is 0 Å². The van der Waals surface area contributed by atoms with E-state index in [-0.39, 0.29) is 0 Å². The number of halogens is 1. The van der Waals surface area contributed by atoms with Crippen LogP contribution in [0.2, 0.25) is 0 Å². The molecule has 0 saturated carbocycles. The predicted octanol–water partition coefficient (Wildman–Crippen LogP) is 4.82. The molecule has 0 heterocycles. The second-order valence-corrected chi connectivity index (χ2v) is 6.08. The minimum absolute atomic E-state index is 0.356. The minimum atomic E-state index is 0.356. The summed E-state index contributed by atoms with van der Waals surface area (Å²) in [6, 6.07) is 15.9. The van der Waals surface area contributed by atoms with E-state index >= 15 is 0 Å². The highest BCUT2D eigenvalue weighted by Crippen LogP contribution is 2.23. The number of benzene rings is 2. The van der Waals surface area contributed by atoms with Crippen molar-refractivity contribution >= 4 is 15.9 Å². The highest BCUT2D eigenvalue weighted by molar-refractivity contribution is 9.10. The van der Waals surface area contributed by atoms with Crippen molar-refractivity contribution in [2.45, 2.75) is 32.7 Å². The Morgan fingerprint density at radius 2 is 1.70 bits per heavy atom. The Morgan fingerprint density at radius 1 is 1.05 bits per heavy atom. The normalized spacial score (nSPS) is 12.4. The molecule has 1 unspecified atom stereocenters. The van der Waals surface area contributed by atoms with Crippen LogP contribution in [0.5, 0.6) is 0 Å². The topological polar surface area (TPSA) is 12.0 Å². The molecule has 0 amide bonds. The number of nitrogens with one attached hydrogen (secondary N) is 1. The standard InChI is InChI=1S/C18H22BrN/c1-4-14-5-7-15(8-6-14)12-18(20-3)16-9-10-17(19)13(2)11-16/h5-11,18,20H,4,12H2,1-3H3. The zero-order chi connectivity index (χ0) is 14.5. The van der Waals surface area contributed by atoms with Crippen molar-refractivity contribution < 1.29 is 0 Å². The fourth-order valence-electron chi connectivity index (χ4n) is 2.42. The first-order valence-corrected chi connectivity index (χ1v) is 7.94. The van der Waals surface area contributed by atoms with E-state index in [2.05, 4.69) is 77.6 Å². The smallest absolute Gasteiger partial charge is 0.0358 e. The van der Waals surface area contributed by atoms with Gasteiger partial charge in [0.05, 0.1) is 0 Å². The number of likely N-dealkylation sites (N-methyl/N-ethyl adjacent to an activating group) is 1. The molecule has 2 aromatic carbocycles. The van der Waals surface area contributed by atoms with Crippen LogP contribution in [0.3, 0.4) is 0 Å². The van der Waals surface area contributed by atoms with Gasteiger partial charge in [-0.2, -0.15) is 0 Å². The summed E-state index contributed by atoms with van der Waals surface area (Å²) in [5.41, 5.74) is 5.40. The van der Waals surface area contributed by atoms with E-state index in [1.165, 1.54) is 26.7 Å². The first-order chi connectivity index (χ1) is 9.63. The molecule has 0 aromatic heterocycles. The Hall–Kier alpha value is -1.12. The lowest BCUT2D eigenvalue weighted by atomic mass is 9.97. The molecule has 1 nitrogen and oxygen atoms in total. The fraction of sp³-hybridized carbons (Fsp3) is 0.333. The van der Waals surface area contributed by atoms with Crippen molar-refractivity contribution in [3.05, 3.63) is 69.2 Å². The molecule has 0 aliphatic carbocycles. The van der Waals surface area contributed by atoms with Gasteiger partial charge in [0, 0.05) is 10.5 Å². The maximum atomic E-state index is 3.56. The van der Waals surface area contributed by atoms with Crippen LogP contribution in [-0.2, 0) is 12.8 Å². The molecule has 2 rings (SSSR count). The molecular formula is C18H22BrN. The van der Waals surface area contributed by atoms with Crippen LogP contribution in [0.15, 0.2) is 46.9 Å². The predicted molar refractivity (Wildman–Crippen MR) is 90.2 cm³/mol. The molecule has 106 valence electrons. The number of aryl methyl sites for hydroxylation is 2. The van der Waals surface area contributed by atoms with Crippen LogP contribution < -0.4 is 5.32 Å². The van der Waals surface area contributed by atoms with Gasteiger partial charge in [-0.3, -0.25) is 0 Å². The van der Waals surface area contributed by atoms with Crippen molar-refractivity contribution in [1.82, 2.24) is 5.32 Å². The summed E-state index contributed by atoms with van der Waals surface area (Å²) >= 11 is 3.56. The Balaban J connectivity index is 2.16. The van der Waals surface area contributed by atoms with Gasteiger partial charge in [-0.1, -0.05) is 59.3 Å². The molecule has 2 aromatic rings. The summed E-state index contributed by atoms with van der Waals surface area (Å²) < 4.78 is 1.17. The molecule has 1 atom stereocenters. The van der Waals surface area contributed by atoms with Crippen molar-refractivity contribution in [3.63, 3.8) is 0 Å². The molecule has 0 radical (unpaired) electrons. The lowest BCUT2D eigenvalue weighted by Crippen LogP contribution is -2.19. The third-order valence-corrected chi connectivity index (χ3v) is 4.69. The maximum Gasteiger partial charge on any atom is 0.0358 e. The quantitative estimate of drug-likeness (QED) is 0.827. The second-order valence-electron chi connectivity index (χ2n) is 5.22. The van der Waals surface area contributed by atoms with Crippen LogP contribution in [0.4, 0.5) is 0 Å². The number of hydrogen-bond donors (Lipinski definition) is 1. The maximum absolute atomic E-state index is 3.56. The third-order valence-electron chi connectivity index (χ3n) is 3.80. The Bertz CT molecular complexity index is 560. The van der Waals surface area contributed by atoms with E-state index in [0.717, 1.165) is 12.8 Å². The summed E-state index contributed by atoms with van der Waals surface area (Å²) in [6.07, 6.45) is 2.11. The van der Waals surface area contributed by atoms with Gasteiger partial charge >= 0.3 is 0 Å². The molecule has 0 bridgehead atoms. The molecule has 0 spiro atoms. The van der Waals surface area contributed by atoms with Crippen molar-refractivity contribution in [3.8, 4) is 0 Å². The van der Waals surface area contributed by atoms with Crippen molar-refractivity contribution in [1.29, 1.82) is 0 Å². The van der Waals surface area contributed by atoms with Gasteiger partial charge in [-0.05, 0) is 55.1 Å². The molecule has 0 aliphatic heterocycles. The van der Waals surface area contributed by atoms with Gasteiger partial charge in [0.1, 0.15) is 0 Å². The zero-order valence-electron chi connectivity index (χ0n) is 12.4. The molecule has 20 heavy (non-hydrogen) atoms. The van der Waals surface area contributed by atoms with Crippen molar-refractivity contribution in [2.24, 2.45) is 0 Å². The molecule has 0 aliphatic rings. The molecule has 0 saturated heterocycles. The minimum Gasteiger partial charge on any atom is -0.313 e. The highest BCUT2D eigenvalue weighted by Gasteiger charge is 2.11. The van der Waals surface area contributed by atoms with Crippen LogP contribution in [0, 0.1) is 6.92 Å². The molecular weight excluding hydrogens is 310 g/mol. The number of hydrogen-bond acceptors (Lipinski definition) is 1. The summed E-state index contributed by atoms with van der Waals surface area (Å²) in [5.74, 6) is 0. The van der Waals surface area contributed by atoms with E-state index in [1.54, 1.807) is 0 Å². The number of rotatable bonds is 5. The molecule has 1 N–H and O–H groups in total. The largest absolute Gasteiger partial charge is 0.313 e. The van der Waals surface area contributed by atoms with Crippen LogP contribution >= 0.6 is 15.9 Å². The molecule has 2 heteroatoms. The van der Waals surface area contributed by atoms with Gasteiger partial charge in [0.25, 0.3) is 0 Å². The van der Waals surface area contributed by atoms with Gasteiger partial charge < -0.3 is 5.32 Å². The lowest BCUT2D eigenvalue weighted by Gasteiger charge is -2.18. The summed E-state index contributed by atoms with van der Waals surface area (Å²) in [5, 5.41) is 3.43. The van der Waals surface area contributed by atoms with E-state index in [9.17, 15) is 0 Å². The van der Waals surface area contributed by atoms with Crippen LogP contribution in [0.1, 0.15) is 35.2 Å². The van der Waals surface area contributed by atoms with Crippen molar-refractivity contribution in [2.75, 3.05) is 7.05 Å². The average Bonchev–Trinajstić information content (AvgIpc) is 2.48. The first-order valence-electron chi connectivity index (χ1n) is 7.15.